The van der Waals surface area contributed by atoms with Crippen LogP contribution in [0.25, 0.3) is 0 Å². The largest absolute Gasteiger partial charge is 0.0628 e. The molecular weight excluding hydrogens is 151 g/mol. The van der Waals surface area contributed by atoms with Crippen LogP contribution in [0.15, 0.2) is 0 Å². The van der Waals surface area contributed by atoms with Crippen LogP contribution in [0.5, 0.6) is 0 Å². The van der Waals surface area contributed by atoms with Gasteiger partial charge in [-0.2, -0.15) is 0 Å². The number of hydrogen-bond acceptors (Lipinski definition) is 0. The van der Waals surface area contributed by atoms with Crippen LogP contribution >= 0.6 is 0 Å². The van der Waals surface area contributed by atoms with Crippen molar-refractivity contribution in [2.75, 3.05) is 0 Å². The summed E-state index contributed by atoms with van der Waals surface area (Å²) in [5, 5.41) is 0. The van der Waals surface area contributed by atoms with Crippen molar-refractivity contribution < 1.29 is 26.2 Å². The summed E-state index contributed by atoms with van der Waals surface area (Å²) in [6.45, 7) is 8.00. The van der Waals surface area contributed by atoms with Crippen molar-refractivity contribution in [1.29, 1.82) is 0 Å². The van der Waals surface area contributed by atoms with Gasteiger partial charge in [0.05, 0.1) is 0 Å². The molecule has 0 saturated carbocycles. The van der Waals surface area contributed by atoms with Crippen LogP contribution in [-0.2, 0) is 26.2 Å². The molecule has 0 aliphatic rings. The Balaban J connectivity index is 0. The fraction of sp³-hybridized carbons (Fsp3) is 0.800. The summed E-state index contributed by atoms with van der Waals surface area (Å²) in [4.78, 5) is 0. The van der Waals surface area contributed by atoms with Gasteiger partial charge in [-0.15, -0.1) is 0 Å². The normalized spacial score (nSPS) is 8.00. The zero-order valence-electron chi connectivity index (χ0n) is 4.49. The maximum Gasteiger partial charge on any atom is 0 e. The third-order valence-corrected chi connectivity index (χ3v) is 0.577. The van der Waals surface area contributed by atoms with E-state index < -0.39 is 0 Å². The average Bonchev–Trinajstić information content (AvgIpc) is 1.38. The quantitative estimate of drug-likeness (QED) is 0.552. The molecule has 1 heteroatoms. The van der Waals surface area contributed by atoms with E-state index in [0.717, 1.165) is 12.3 Å². The monoisotopic (exact) mass is 161 g/mol. The summed E-state index contributed by atoms with van der Waals surface area (Å²) in [5.74, 6) is 0.773. The predicted molar refractivity (Wildman–Crippen MR) is 24.8 cm³/mol. The van der Waals surface area contributed by atoms with Crippen LogP contribution < -0.4 is 0 Å². The summed E-state index contributed by atoms with van der Waals surface area (Å²) < 4.78 is 0. The van der Waals surface area contributed by atoms with E-state index in [2.05, 4.69) is 20.8 Å². The fourth-order valence-corrected chi connectivity index (χ4v) is 0. The van der Waals surface area contributed by atoms with Crippen LogP contribution in [0.4, 0.5) is 0 Å². The molecule has 0 unspecified atom stereocenters. The Morgan fingerprint density at radius 3 is 1.67 bits per heavy atom. The second kappa shape index (κ2) is 5.88. The predicted octanol–water partition coefficient (Wildman–Crippen LogP) is 1.86. The molecule has 0 aliphatic carbocycles. The van der Waals surface area contributed by atoms with Gasteiger partial charge in [0.1, 0.15) is 0 Å². The van der Waals surface area contributed by atoms with Gasteiger partial charge in [-0.05, 0) is 5.92 Å². The molecule has 0 spiro atoms. The Hall–Kier alpha value is 0.883. The van der Waals surface area contributed by atoms with Gasteiger partial charge in [0.25, 0.3) is 0 Å². The maximum absolute atomic E-state index is 3.69. The first kappa shape index (κ1) is 9.99. The molecule has 0 fully saturated rings. The Kier molecular flexibility index (Phi) is 9.80. The molecule has 0 aromatic heterocycles. The molecule has 0 aromatic rings. The topological polar surface area (TPSA) is 0 Å². The van der Waals surface area contributed by atoms with Gasteiger partial charge in [0.2, 0.25) is 0 Å². The zero-order chi connectivity index (χ0) is 4.28. The van der Waals surface area contributed by atoms with Gasteiger partial charge in [-0.1, -0.05) is 27.2 Å². The molecule has 0 rings (SSSR count). The van der Waals surface area contributed by atoms with E-state index in [-0.39, 0.29) is 26.2 Å². The molecule has 0 aliphatic heterocycles. The molecule has 0 bridgehead atoms. The van der Waals surface area contributed by atoms with Gasteiger partial charge in [0.15, 0.2) is 0 Å². The third-order valence-electron chi connectivity index (χ3n) is 0.577. The van der Waals surface area contributed by atoms with Crippen molar-refractivity contribution in [2.24, 2.45) is 5.92 Å². The minimum Gasteiger partial charge on any atom is -0.0628 e. The van der Waals surface area contributed by atoms with Crippen LogP contribution in [0.2, 0.25) is 0 Å². The summed E-state index contributed by atoms with van der Waals surface area (Å²) in [6, 6.07) is 0. The smallest absolute Gasteiger partial charge is 0 e. The van der Waals surface area contributed by atoms with Gasteiger partial charge in [0, 0.05) is 26.2 Å². The van der Waals surface area contributed by atoms with Crippen LogP contribution in [-0.4, -0.2) is 0 Å². The minimum absolute atomic E-state index is 0. The first-order valence-electron chi connectivity index (χ1n) is 2.06. The molecule has 0 amide bonds. The van der Waals surface area contributed by atoms with Crippen molar-refractivity contribution in [2.45, 2.75) is 20.3 Å². The Bertz CT molecular complexity index is 17.9. The van der Waals surface area contributed by atoms with Gasteiger partial charge in [-0.25, -0.2) is 0 Å². The molecule has 0 nitrogen and oxygen atoms in total. The fourth-order valence-electron chi connectivity index (χ4n) is 0. The Morgan fingerprint density at radius 1 is 1.50 bits per heavy atom. The molecule has 0 N–H and O–H groups in total. The van der Waals surface area contributed by atoms with E-state index >= 15 is 0 Å². The second-order valence-electron chi connectivity index (χ2n) is 1.68. The number of hydrogen-bond donors (Lipinski definition) is 0. The van der Waals surface area contributed by atoms with Gasteiger partial charge >= 0.3 is 0 Å². The molecular formula is C5H11Zr. The minimum atomic E-state index is 0. The molecule has 6 heavy (non-hydrogen) atoms. The maximum atomic E-state index is 3.69. The third kappa shape index (κ3) is 8.86. The molecule has 0 aromatic carbocycles. The van der Waals surface area contributed by atoms with E-state index in [9.17, 15) is 0 Å². The summed E-state index contributed by atoms with van der Waals surface area (Å²) in [7, 11) is 0. The van der Waals surface area contributed by atoms with Crippen LogP contribution in [0, 0.1) is 12.8 Å². The first-order valence-corrected chi connectivity index (χ1v) is 2.06. The standard InChI is InChI=1S/C5H11.Zr/c1-4-5(2)3;/h5H,1,4H2,2-3H3;. The van der Waals surface area contributed by atoms with Gasteiger partial charge in [-0.3, -0.25) is 0 Å². The molecule has 35 valence electrons. The Morgan fingerprint density at radius 2 is 1.67 bits per heavy atom. The van der Waals surface area contributed by atoms with Gasteiger partial charge < -0.3 is 0 Å². The second-order valence-corrected chi connectivity index (χ2v) is 1.68. The number of rotatable bonds is 1. The SMILES string of the molecule is [CH2]CC(C)C.[Zr]. The molecule has 0 atom stereocenters. The van der Waals surface area contributed by atoms with Crippen molar-refractivity contribution >= 4 is 0 Å². The first-order chi connectivity index (χ1) is 2.27. The van der Waals surface area contributed by atoms with Crippen molar-refractivity contribution in [1.82, 2.24) is 0 Å². The van der Waals surface area contributed by atoms with Crippen molar-refractivity contribution in [3.63, 3.8) is 0 Å². The van der Waals surface area contributed by atoms with E-state index in [4.69, 9.17) is 0 Å². The molecule has 0 saturated heterocycles. The molecule has 1 radical (unpaired) electrons. The average molecular weight is 162 g/mol. The van der Waals surface area contributed by atoms with E-state index in [0.29, 0.717) is 0 Å². The van der Waals surface area contributed by atoms with E-state index in [1.807, 2.05) is 0 Å². The zero-order valence-corrected chi connectivity index (χ0v) is 6.95. The van der Waals surface area contributed by atoms with Crippen molar-refractivity contribution in [3.8, 4) is 0 Å². The summed E-state index contributed by atoms with van der Waals surface area (Å²) in [6.07, 6.45) is 1.06. The van der Waals surface area contributed by atoms with E-state index in [1.165, 1.54) is 0 Å². The van der Waals surface area contributed by atoms with Crippen LogP contribution in [0.1, 0.15) is 20.3 Å². The van der Waals surface area contributed by atoms with E-state index in [1.54, 1.807) is 0 Å². The Labute approximate surface area is 59.4 Å². The summed E-state index contributed by atoms with van der Waals surface area (Å²) >= 11 is 0. The van der Waals surface area contributed by atoms with Crippen molar-refractivity contribution in [3.05, 3.63) is 6.92 Å². The van der Waals surface area contributed by atoms with Crippen LogP contribution in [0.3, 0.4) is 0 Å². The molecule has 0 heterocycles. The summed E-state index contributed by atoms with van der Waals surface area (Å²) in [5.41, 5.74) is 0.